The first-order valence-corrected chi connectivity index (χ1v) is 10.7. The number of benzene rings is 1. The molecule has 0 atom stereocenters. The molecule has 2 aromatic heterocycles. The number of carbonyl (C=O) groups excluding carboxylic acids is 1. The molecule has 1 fully saturated rings. The van der Waals surface area contributed by atoms with Crippen LogP contribution in [-0.4, -0.2) is 76.6 Å². The molecule has 0 aliphatic carbocycles. The number of likely N-dealkylation sites (N-methyl/N-ethyl adjacent to an activating group) is 1. The number of nitrogens with zero attached hydrogens (tertiary/aromatic N) is 5. The number of pyridine rings is 1. The first-order valence-electron chi connectivity index (χ1n) is 10.7. The Bertz CT molecular complexity index is 1020. The molecule has 1 aliphatic rings. The summed E-state index contributed by atoms with van der Waals surface area (Å²) in [5, 5.41) is 3.07. The molecule has 0 bridgehead atoms. The number of hydrogen-bond acceptors (Lipinski definition) is 5. The lowest BCUT2D eigenvalue weighted by Crippen LogP contribution is -2.46. The summed E-state index contributed by atoms with van der Waals surface area (Å²) >= 11 is 0. The molecular formula is C23H30N6O. The van der Waals surface area contributed by atoms with Crippen LogP contribution in [0.3, 0.4) is 0 Å². The van der Waals surface area contributed by atoms with Crippen molar-refractivity contribution in [3.8, 4) is 11.4 Å². The minimum Gasteiger partial charge on any atom is -0.351 e. The lowest BCUT2D eigenvalue weighted by Gasteiger charge is -2.32. The standard InChI is InChI=1S/C23H30N6O/c1-17(2)29-21(26-20-8-5-9-24-22(20)29)18-6-4-7-19(16-18)23(30)25-10-11-28-14-12-27(3)13-15-28/h4-9,16-17H,10-15H2,1-3H3,(H,25,30). The van der Waals surface area contributed by atoms with Gasteiger partial charge in [-0.1, -0.05) is 12.1 Å². The van der Waals surface area contributed by atoms with Gasteiger partial charge in [0.2, 0.25) is 0 Å². The Hall–Kier alpha value is -2.77. The zero-order valence-electron chi connectivity index (χ0n) is 18.0. The SMILES string of the molecule is CC(C)n1c(-c2cccc(C(=O)NCCN3CCN(C)CC3)c2)nc2cccnc21. The number of carbonyl (C=O) groups is 1. The number of hydrogen-bond donors (Lipinski definition) is 1. The van der Waals surface area contributed by atoms with E-state index < -0.39 is 0 Å². The summed E-state index contributed by atoms with van der Waals surface area (Å²) in [4.78, 5) is 26.8. The smallest absolute Gasteiger partial charge is 0.251 e. The largest absolute Gasteiger partial charge is 0.351 e. The van der Waals surface area contributed by atoms with Gasteiger partial charge in [-0.05, 0) is 45.2 Å². The van der Waals surface area contributed by atoms with Gasteiger partial charge in [-0.2, -0.15) is 0 Å². The lowest BCUT2D eigenvalue weighted by molar-refractivity contribution is 0.0941. The summed E-state index contributed by atoms with van der Waals surface area (Å²) in [6.07, 6.45) is 1.79. The van der Waals surface area contributed by atoms with Crippen LogP contribution < -0.4 is 5.32 Å². The number of piperazine rings is 1. The van der Waals surface area contributed by atoms with Crippen LogP contribution >= 0.6 is 0 Å². The third kappa shape index (κ3) is 4.37. The minimum atomic E-state index is -0.0451. The summed E-state index contributed by atoms with van der Waals surface area (Å²) in [5.74, 6) is 0.794. The number of imidazole rings is 1. The van der Waals surface area contributed by atoms with E-state index >= 15 is 0 Å². The zero-order valence-corrected chi connectivity index (χ0v) is 18.0. The summed E-state index contributed by atoms with van der Waals surface area (Å²) in [5.41, 5.74) is 3.31. The second kappa shape index (κ2) is 8.93. The molecule has 7 heteroatoms. The van der Waals surface area contributed by atoms with Gasteiger partial charge in [-0.15, -0.1) is 0 Å². The van der Waals surface area contributed by atoms with Crippen LogP contribution in [-0.2, 0) is 0 Å². The Balaban J connectivity index is 1.48. The van der Waals surface area contributed by atoms with Gasteiger partial charge in [0.25, 0.3) is 5.91 Å². The summed E-state index contributed by atoms with van der Waals surface area (Å²) in [6, 6.07) is 11.8. The van der Waals surface area contributed by atoms with Crippen LogP contribution in [0.4, 0.5) is 0 Å². The summed E-state index contributed by atoms with van der Waals surface area (Å²) in [6.45, 7) is 10.1. The first kappa shape index (κ1) is 20.5. The van der Waals surface area contributed by atoms with Crippen molar-refractivity contribution in [3.05, 3.63) is 48.2 Å². The predicted molar refractivity (Wildman–Crippen MR) is 120 cm³/mol. The van der Waals surface area contributed by atoms with E-state index in [-0.39, 0.29) is 11.9 Å². The second-order valence-electron chi connectivity index (χ2n) is 8.23. The fourth-order valence-electron chi connectivity index (χ4n) is 3.92. The molecule has 0 spiro atoms. The molecule has 0 radical (unpaired) electrons. The molecule has 1 N–H and O–H groups in total. The molecule has 158 valence electrons. The van der Waals surface area contributed by atoms with Gasteiger partial charge in [-0.3, -0.25) is 9.69 Å². The predicted octanol–water partition coefficient (Wildman–Crippen LogP) is 2.66. The number of fused-ring (bicyclic) bond motifs is 1. The normalized spacial score (nSPS) is 15.7. The molecular weight excluding hydrogens is 376 g/mol. The average Bonchev–Trinajstić information content (AvgIpc) is 3.15. The number of rotatable bonds is 6. The Labute approximate surface area is 177 Å². The molecule has 7 nitrogen and oxygen atoms in total. The van der Waals surface area contributed by atoms with Crippen molar-refractivity contribution in [2.24, 2.45) is 0 Å². The van der Waals surface area contributed by atoms with Crippen molar-refractivity contribution in [2.75, 3.05) is 46.3 Å². The maximum absolute atomic E-state index is 12.7. The van der Waals surface area contributed by atoms with Gasteiger partial charge in [0, 0.05) is 62.6 Å². The van der Waals surface area contributed by atoms with Crippen molar-refractivity contribution >= 4 is 17.1 Å². The van der Waals surface area contributed by atoms with Gasteiger partial charge in [0.15, 0.2) is 5.65 Å². The van der Waals surface area contributed by atoms with Crippen LogP contribution in [0.25, 0.3) is 22.6 Å². The van der Waals surface area contributed by atoms with Gasteiger partial charge in [0.1, 0.15) is 11.3 Å². The summed E-state index contributed by atoms with van der Waals surface area (Å²) < 4.78 is 2.12. The Morgan fingerprint density at radius 3 is 2.70 bits per heavy atom. The molecule has 0 unspecified atom stereocenters. The van der Waals surface area contributed by atoms with E-state index in [1.807, 2.05) is 36.4 Å². The van der Waals surface area contributed by atoms with E-state index in [1.165, 1.54) is 0 Å². The molecule has 1 amide bonds. The maximum Gasteiger partial charge on any atom is 0.251 e. The van der Waals surface area contributed by atoms with Gasteiger partial charge >= 0.3 is 0 Å². The van der Waals surface area contributed by atoms with Crippen molar-refractivity contribution < 1.29 is 4.79 Å². The Morgan fingerprint density at radius 1 is 1.13 bits per heavy atom. The van der Waals surface area contributed by atoms with E-state index in [9.17, 15) is 4.79 Å². The van der Waals surface area contributed by atoms with Gasteiger partial charge in [0.05, 0.1) is 0 Å². The van der Waals surface area contributed by atoms with E-state index in [2.05, 4.69) is 45.6 Å². The fourth-order valence-corrected chi connectivity index (χ4v) is 3.92. The maximum atomic E-state index is 12.7. The second-order valence-corrected chi connectivity index (χ2v) is 8.23. The van der Waals surface area contributed by atoms with Crippen LogP contribution in [0.15, 0.2) is 42.6 Å². The van der Waals surface area contributed by atoms with Crippen LogP contribution in [0.1, 0.15) is 30.2 Å². The monoisotopic (exact) mass is 406 g/mol. The Morgan fingerprint density at radius 2 is 1.93 bits per heavy atom. The lowest BCUT2D eigenvalue weighted by atomic mass is 10.1. The quantitative estimate of drug-likeness (QED) is 0.682. The highest BCUT2D eigenvalue weighted by Crippen LogP contribution is 2.27. The number of amides is 1. The van der Waals surface area contributed by atoms with Gasteiger partial charge < -0.3 is 14.8 Å². The molecule has 30 heavy (non-hydrogen) atoms. The summed E-state index contributed by atoms with van der Waals surface area (Å²) in [7, 11) is 2.15. The van der Waals surface area contributed by atoms with Gasteiger partial charge in [-0.25, -0.2) is 9.97 Å². The number of nitrogens with one attached hydrogen (secondary N) is 1. The third-order valence-corrected chi connectivity index (χ3v) is 5.66. The topological polar surface area (TPSA) is 66.3 Å². The van der Waals surface area contributed by atoms with Crippen molar-refractivity contribution in [3.63, 3.8) is 0 Å². The molecule has 4 rings (SSSR count). The molecule has 1 aromatic carbocycles. The molecule has 1 aliphatic heterocycles. The van der Waals surface area contributed by atoms with Crippen molar-refractivity contribution in [1.29, 1.82) is 0 Å². The van der Waals surface area contributed by atoms with E-state index in [4.69, 9.17) is 4.98 Å². The Kier molecular flexibility index (Phi) is 6.11. The van der Waals surface area contributed by atoms with Crippen LogP contribution in [0, 0.1) is 0 Å². The van der Waals surface area contributed by atoms with E-state index in [1.54, 1.807) is 6.20 Å². The highest BCUT2D eigenvalue weighted by atomic mass is 16.1. The van der Waals surface area contributed by atoms with E-state index in [0.717, 1.165) is 55.3 Å². The average molecular weight is 407 g/mol. The molecule has 3 aromatic rings. The van der Waals surface area contributed by atoms with Crippen LogP contribution in [0.5, 0.6) is 0 Å². The highest BCUT2D eigenvalue weighted by molar-refractivity contribution is 5.95. The highest BCUT2D eigenvalue weighted by Gasteiger charge is 2.17. The fraction of sp³-hybridized carbons (Fsp3) is 0.435. The van der Waals surface area contributed by atoms with Crippen molar-refractivity contribution in [2.45, 2.75) is 19.9 Å². The number of aromatic nitrogens is 3. The molecule has 3 heterocycles. The van der Waals surface area contributed by atoms with E-state index in [0.29, 0.717) is 12.1 Å². The third-order valence-electron chi connectivity index (χ3n) is 5.66. The molecule has 1 saturated heterocycles. The first-order chi connectivity index (χ1) is 14.5. The molecule has 0 saturated carbocycles. The zero-order chi connectivity index (χ0) is 21.1. The van der Waals surface area contributed by atoms with Crippen LogP contribution in [0.2, 0.25) is 0 Å². The minimum absolute atomic E-state index is 0.0451. The van der Waals surface area contributed by atoms with Crippen molar-refractivity contribution in [1.82, 2.24) is 29.7 Å².